The van der Waals surface area contributed by atoms with Crippen molar-refractivity contribution in [2.45, 2.75) is 38.8 Å². The molecule has 14 heavy (non-hydrogen) atoms. The molecule has 3 nitrogen and oxygen atoms in total. The summed E-state index contributed by atoms with van der Waals surface area (Å²) in [6, 6.07) is -0.0346. The van der Waals surface area contributed by atoms with Gasteiger partial charge < -0.3 is 10.2 Å². The highest BCUT2D eigenvalue weighted by Crippen LogP contribution is 2.21. The van der Waals surface area contributed by atoms with Gasteiger partial charge in [0.1, 0.15) is 0 Å². The molecule has 0 saturated carbocycles. The number of carbonyl (C=O) groups is 1. The first-order valence-electron chi connectivity index (χ1n) is 5.05. The van der Waals surface area contributed by atoms with Crippen LogP contribution in [0.4, 0.5) is 0 Å². The molecule has 1 atom stereocenters. The Kier molecular flexibility index (Phi) is 3.17. The van der Waals surface area contributed by atoms with Crippen molar-refractivity contribution in [2.75, 3.05) is 13.1 Å². The summed E-state index contributed by atoms with van der Waals surface area (Å²) in [5.41, 5.74) is -0.457. The summed E-state index contributed by atoms with van der Waals surface area (Å²) in [5.74, 6) is 2.79. The average Bonchev–Trinajstić information content (AvgIpc) is 2.50. The van der Waals surface area contributed by atoms with E-state index in [-0.39, 0.29) is 11.9 Å². The fraction of sp³-hybridized carbons (Fsp3) is 0.727. The van der Waals surface area contributed by atoms with E-state index in [1.165, 1.54) is 0 Å². The van der Waals surface area contributed by atoms with Crippen LogP contribution in [0.3, 0.4) is 0 Å². The summed E-state index contributed by atoms with van der Waals surface area (Å²) in [6.45, 7) is 7.38. The molecule has 0 spiro atoms. The number of terminal acetylenes is 1. The van der Waals surface area contributed by atoms with Crippen LogP contribution in [0.15, 0.2) is 0 Å². The Bertz CT molecular complexity index is 265. The number of nitrogens with zero attached hydrogens (tertiary/aromatic N) is 1. The summed E-state index contributed by atoms with van der Waals surface area (Å²) in [6.07, 6.45) is 6.26. The molecule has 1 heterocycles. The quantitative estimate of drug-likeness (QED) is 0.668. The monoisotopic (exact) mass is 194 g/mol. The average molecular weight is 194 g/mol. The molecule has 1 amide bonds. The number of nitrogens with one attached hydrogen (secondary N) is 1. The van der Waals surface area contributed by atoms with Gasteiger partial charge >= 0.3 is 0 Å². The molecular formula is C11H18N2O. The largest absolute Gasteiger partial charge is 0.325 e. The molecule has 1 N–H and O–H groups in total. The predicted octanol–water partition coefficient (Wildman–Crippen LogP) is 0.609. The molecule has 0 radical (unpaired) electrons. The van der Waals surface area contributed by atoms with Crippen molar-refractivity contribution in [2.24, 2.45) is 0 Å². The first-order valence-corrected chi connectivity index (χ1v) is 5.05. The molecule has 0 aromatic heterocycles. The minimum Gasteiger partial charge on any atom is -0.325 e. The van der Waals surface area contributed by atoms with Crippen molar-refractivity contribution >= 4 is 5.91 Å². The van der Waals surface area contributed by atoms with Gasteiger partial charge in [0.2, 0.25) is 5.91 Å². The number of hydrogen-bond donors (Lipinski definition) is 1. The molecule has 3 heteroatoms. The van der Waals surface area contributed by atoms with Gasteiger partial charge in [-0.2, -0.15) is 0 Å². The standard InChI is InChI=1S/C11H18N2O/c1-5-11(3,4)13-8-7-9(10(13)14)12-6-2/h1,9,12H,6-8H2,2-4H3. The minimum absolute atomic E-state index is 0.0346. The number of amides is 1. The molecule has 1 rings (SSSR count). The maximum atomic E-state index is 11.9. The first-order chi connectivity index (χ1) is 6.53. The first kappa shape index (κ1) is 11.1. The zero-order chi connectivity index (χ0) is 10.8. The van der Waals surface area contributed by atoms with Crippen molar-refractivity contribution < 1.29 is 4.79 Å². The predicted molar refractivity (Wildman–Crippen MR) is 56.7 cm³/mol. The third-order valence-corrected chi connectivity index (χ3v) is 2.68. The van der Waals surface area contributed by atoms with E-state index in [0.717, 1.165) is 19.5 Å². The normalized spacial score (nSPS) is 22.6. The third-order valence-electron chi connectivity index (χ3n) is 2.68. The second-order valence-corrected chi connectivity index (χ2v) is 4.09. The Morgan fingerprint density at radius 2 is 2.36 bits per heavy atom. The van der Waals surface area contributed by atoms with Gasteiger partial charge in [-0.05, 0) is 26.8 Å². The maximum Gasteiger partial charge on any atom is 0.240 e. The van der Waals surface area contributed by atoms with E-state index in [1.807, 2.05) is 20.8 Å². The van der Waals surface area contributed by atoms with Crippen molar-refractivity contribution in [3.05, 3.63) is 0 Å². The van der Waals surface area contributed by atoms with Crippen LogP contribution in [-0.4, -0.2) is 35.5 Å². The number of rotatable bonds is 3. The number of hydrogen-bond acceptors (Lipinski definition) is 2. The Morgan fingerprint density at radius 3 is 2.86 bits per heavy atom. The van der Waals surface area contributed by atoms with E-state index in [4.69, 9.17) is 6.42 Å². The van der Waals surface area contributed by atoms with Crippen molar-refractivity contribution in [3.8, 4) is 12.3 Å². The van der Waals surface area contributed by atoms with Gasteiger partial charge in [0.15, 0.2) is 0 Å². The molecule has 0 aliphatic carbocycles. The van der Waals surface area contributed by atoms with Crippen LogP contribution >= 0.6 is 0 Å². The Labute approximate surface area is 85.9 Å². The van der Waals surface area contributed by atoms with Gasteiger partial charge in [-0.25, -0.2) is 0 Å². The molecule has 0 bridgehead atoms. The summed E-state index contributed by atoms with van der Waals surface area (Å²) in [7, 11) is 0. The zero-order valence-corrected chi connectivity index (χ0v) is 9.13. The topological polar surface area (TPSA) is 32.3 Å². The van der Waals surface area contributed by atoms with Crippen molar-refractivity contribution in [3.63, 3.8) is 0 Å². The Balaban J connectivity index is 2.70. The SMILES string of the molecule is C#CC(C)(C)N1CCC(NCC)C1=O. The third kappa shape index (κ3) is 1.91. The molecular weight excluding hydrogens is 176 g/mol. The number of likely N-dealkylation sites (N-methyl/N-ethyl adjacent to an activating group) is 1. The summed E-state index contributed by atoms with van der Waals surface area (Å²) in [4.78, 5) is 13.6. The van der Waals surface area contributed by atoms with E-state index >= 15 is 0 Å². The van der Waals surface area contributed by atoms with Crippen molar-refractivity contribution in [1.29, 1.82) is 0 Å². The van der Waals surface area contributed by atoms with Crippen LogP contribution in [0.2, 0.25) is 0 Å². The Hall–Kier alpha value is -1.01. The zero-order valence-electron chi connectivity index (χ0n) is 9.13. The van der Waals surface area contributed by atoms with E-state index in [1.54, 1.807) is 4.90 Å². The van der Waals surface area contributed by atoms with E-state index in [0.29, 0.717) is 0 Å². The van der Waals surface area contributed by atoms with Gasteiger partial charge in [-0.3, -0.25) is 4.79 Å². The lowest BCUT2D eigenvalue weighted by molar-refractivity contribution is -0.132. The van der Waals surface area contributed by atoms with Gasteiger partial charge in [0.25, 0.3) is 0 Å². The number of likely N-dealkylation sites (tertiary alicyclic amines) is 1. The fourth-order valence-corrected chi connectivity index (χ4v) is 1.75. The van der Waals surface area contributed by atoms with E-state index in [9.17, 15) is 4.79 Å². The van der Waals surface area contributed by atoms with Crippen LogP contribution < -0.4 is 5.32 Å². The smallest absolute Gasteiger partial charge is 0.240 e. The van der Waals surface area contributed by atoms with Crippen LogP contribution in [0, 0.1) is 12.3 Å². The molecule has 1 fully saturated rings. The maximum absolute atomic E-state index is 11.9. The summed E-state index contributed by atoms with van der Waals surface area (Å²) < 4.78 is 0. The molecule has 1 saturated heterocycles. The van der Waals surface area contributed by atoms with Gasteiger partial charge in [0, 0.05) is 6.54 Å². The molecule has 0 aromatic carbocycles. The summed E-state index contributed by atoms with van der Waals surface area (Å²) in [5, 5.41) is 3.16. The lowest BCUT2D eigenvalue weighted by Crippen LogP contribution is -2.47. The highest BCUT2D eigenvalue weighted by molar-refractivity contribution is 5.85. The Morgan fingerprint density at radius 1 is 1.71 bits per heavy atom. The molecule has 1 aliphatic heterocycles. The van der Waals surface area contributed by atoms with Crippen LogP contribution in [-0.2, 0) is 4.79 Å². The second-order valence-electron chi connectivity index (χ2n) is 4.09. The van der Waals surface area contributed by atoms with Crippen LogP contribution in [0.5, 0.6) is 0 Å². The highest BCUT2D eigenvalue weighted by Gasteiger charge is 2.38. The molecule has 1 aliphatic rings. The van der Waals surface area contributed by atoms with E-state index in [2.05, 4.69) is 11.2 Å². The number of carbonyl (C=O) groups excluding carboxylic acids is 1. The highest BCUT2D eigenvalue weighted by atomic mass is 16.2. The van der Waals surface area contributed by atoms with Crippen molar-refractivity contribution in [1.82, 2.24) is 10.2 Å². The lowest BCUT2D eigenvalue weighted by atomic mass is 10.1. The summed E-state index contributed by atoms with van der Waals surface area (Å²) >= 11 is 0. The molecule has 0 aromatic rings. The van der Waals surface area contributed by atoms with Gasteiger partial charge in [0.05, 0.1) is 11.6 Å². The lowest BCUT2D eigenvalue weighted by Gasteiger charge is -2.30. The van der Waals surface area contributed by atoms with E-state index < -0.39 is 5.54 Å². The van der Waals surface area contributed by atoms with Gasteiger partial charge in [-0.15, -0.1) is 6.42 Å². The van der Waals surface area contributed by atoms with Gasteiger partial charge in [-0.1, -0.05) is 12.8 Å². The second kappa shape index (κ2) is 4.02. The molecule has 1 unspecified atom stereocenters. The fourth-order valence-electron chi connectivity index (χ4n) is 1.75. The molecule has 78 valence electrons. The minimum atomic E-state index is -0.457. The van der Waals surface area contributed by atoms with Crippen LogP contribution in [0.25, 0.3) is 0 Å². The van der Waals surface area contributed by atoms with Crippen LogP contribution in [0.1, 0.15) is 27.2 Å².